The van der Waals surface area contributed by atoms with Crippen molar-refractivity contribution < 1.29 is 4.74 Å². The van der Waals surface area contributed by atoms with Crippen molar-refractivity contribution in [2.24, 2.45) is 5.92 Å². The maximum Gasteiger partial charge on any atom is 0.225 e. The highest BCUT2D eigenvalue weighted by Crippen LogP contribution is 2.16. The SMILES string of the molecule is CCCCC(CC)COc1cc(C)nc(NC)n1. The van der Waals surface area contributed by atoms with E-state index in [1.165, 1.54) is 19.3 Å². The second-order valence-corrected chi connectivity index (χ2v) is 4.65. The van der Waals surface area contributed by atoms with Crippen molar-refractivity contribution in [3.8, 4) is 5.88 Å². The minimum atomic E-state index is 0.617. The quantitative estimate of drug-likeness (QED) is 0.769. The Labute approximate surface area is 110 Å². The highest BCUT2D eigenvalue weighted by atomic mass is 16.5. The van der Waals surface area contributed by atoms with Crippen LogP contribution in [0.4, 0.5) is 5.95 Å². The van der Waals surface area contributed by atoms with Gasteiger partial charge in [0.05, 0.1) is 6.61 Å². The Kier molecular flexibility index (Phi) is 6.47. The van der Waals surface area contributed by atoms with Crippen LogP contribution >= 0.6 is 0 Å². The molecule has 1 aromatic heterocycles. The van der Waals surface area contributed by atoms with Crippen LogP contribution < -0.4 is 10.1 Å². The Morgan fingerprint density at radius 1 is 1.33 bits per heavy atom. The summed E-state index contributed by atoms with van der Waals surface area (Å²) in [6, 6.07) is 1.88. The topological polar surface area (TPSA) is 47.0 Å². The Bertz CT molecular complexity index is 355. The molecule has 0 aliphatic heterocycles. The molecule has 1 rings (SSSR count). The molecule has 0 saturated heterocycles. The van der Waals surface area contributed by atoms with E-state index < -0.39 is 0 Å². The van der Waals surface area contributed by atoms with Crippen LogP contribution in [0.2, 0.25) is 0 Å². The van der Waals surface area contributed by atoms with Crippen molar-refractivity contribution in [1.82, 2.24) is 9.97 Å². The summed E-state index contributed by atoms with van der Waals surface area (Å²) in [5, 5.41) is 2.94. The molecule has 0 spiro atoms. The maximum atomic E-state index is 5.79. The summed E-state index contributed by atoms with van der Waals surface area (Å²) in [6.07, 6.45) is 4.90. The number of unbranched alkanes of at least 4 members (excludes halogenated alkanes) is 1. The fraction of sp³-hybridized carbons (Fsp3) is 0.714. The van der Waals surface area contributed by atoms with Crippen LogP contribution in [0.3, 0.4) is 0 Å². The fourth-order valence-electron chi connectivity index (χ4n) is 1.83. The molecule has 1 heterocycles. The molecule has 0 aliphatic rings. The van der Waals surface area contributed by atoms with Gasteiger partial charge < -0.3 is 10.1 Å². The smallest absolute Gasteiger partial charge is 0.225 e. The highest BCUT2D eigenvalue weighted by Gasteiger charge is 2.08. The van der Waals surface area contributed by atoms with E-state index in [1.807, 2.05) is 20.0 Å². The van der Waals surface area contributed by atoms with Crippen LogP contribution in [0.1, 0.15) is 45.2 Å². The number of hydrogen-bond donors (Lipinski definition) is 1. The average Bonchev–Trinajstić information content (AvgIpc) is 2.38. The molecule has 18 heavy (non-hydrogen) atoms. The molecule has 1 atom stereocenters. The number of ether oxygens (including phenoxy) is 1. The molecule has 1 N–H and O–H groups in total. The van der Waals surface area contributed by atoms with Crippen molar-refractivity contribution in [2.75, 3.05) is 19.0 Å². The minimum Gasteiger partial charge on any atom is -0.477 e. The maximum absolute atomic E-state index is 5.79. The van der Waals surface area contributed by atoms with Crippen LogP contribution in [0.15, 0.2) is 6.07 Å². The summed E-state index contributed by atoms with van der Waals surface area (Å²) >= 11 is 0. The van der Waals surface area contributed by atoms with Gasteiger partial charge in [-0.05, 0) is 19.3 Å². The third-order valence-corrected chi connectivity index (χ3v) is 3.06. The van der Waals surface area contributed by atoms with Crippen molar-refractivity contribution in [3.05, 3.63) is 11.8 Å². The van der Waals surface area contributed by atoms with E-state index in [9.17, 15) is 0 Å². The molecule has 0 fully saturated rings. The first-order valence-corrected chi connectivity index (χ1v) is 6.85. The van der Waals surface area contributed by atoms with Gasteiger partial charge in [-0.3, -0.25) is 0 Å². The van der Waals surface area contributed by atoms with Crippen molar-refractivity contribution >= 4 is 5.95 Å². The molecular weight excluding hydrogens is 226 g/mol. The van der Waals surface area contributed by atoms with Gasteiger partial charge in [-0.1, -0.05) is 33.1 Å². The van der Waals surface area contributed by atoms with E-state index in [-0.39, 0.29) is 0 Å². The lowest BCUT2D eigenvalue weighted by Crippen LogP contribution is -2.12. The molecule has 0 aliphatic carbocycles. The lowest BCUT2D eigenvalue weighted by atomic mass is 10.0. The normalized spacial score (nSPS) is 12.2. The molecule has 4 heteroatoms. The van der Waals surface area contributed by atoms with Crippen LogP contribution in [-0.4, -0.2) is 23.6 Å². The number of anilines is 1. The summed E-state index contributed by atoms with van der Waals surface area (Å²) in [5.41, 5.74) is 0.922. The fourth-order valence-corrected chi connectivity index (χ4v) is 1.83. The van der Waals surface area contributed by atoms with Gasteiger partial charge in [0.2, 0.25) is 11.8 Å². The van der Waals surface area contributed by atoms with E-state index >= 15 is 0 Å². The summed E-state index contributed by atoms with van der Waals surface area (Å²) in [6.45, 7) is 7.13. The van der Waals surface area contributed by atoms with Gasteiger partial charge in [0.1, 0.15) is 0 Å². The lowest BCUT2D eigenvalue weighted by molar-refractivity contribution is 0.225. The predicted molar refractivity (Wildman–Crippen MR) is 75.1 cm³/mol. The summed E-state index contributed by atoms with van der Waals surface area (Å²) in [7, 11) is 1.81. The first-order valence-electron chi connectivity index (χ1n) is 6.85. The Morgan fingerprint density at radius 2 is 2.11 bits per heavy atom. The van der Waals surface area contributed by atoms with Crippen molar-refractivity contribution in [2.45, 2.75) is 46.5 Å². The lowest BCUT2D eigenvalue weighted by Gasteiger charge is -2.15. The van der Waals surface area contributed by atoms with Gasteiger partial charge >= 0.3 is 0 Å². The first-order chi connectivity index (χ1) is 8.69. The molecule has 0 bridgehead atoms. The zero-order valence-electron chi connectivity index (χ0n) is 12.0. The van der Waals surface area contributed by atoms with Crippen LogP contribution in [0.5, 0.6) is 5.88 Å². The Balaban J connectivity index is 2.53. The predicted octanol–water partition coefficient (Wildman–Crippen LogP) is 3.42. The summed E-state index contributed by atoms with van der Waals surface area (Å²) < 4.78 is 5.79. The molecule has 1 aromatic rings. The van der Waals surface area contributed by atoms with E-state index in [4.69, 9.17) is 4.74 Å². The molecule has 0 amide bonds. The summed E-state index contributed by atoms with van der Waals surface area (Å²) in [5.74, 6) is 1.91. The zero-order chi connectivity index (χ0) is 13.4. The standard InChI is InChI=1S/C14H25N3O/c1-5-7-8-12(6-2)10-18-13-9-11(3)16-14(15-4)17-13/h9,12H,5-8,10H2,1-4H3,(H,15,16,17). The van der Waals surface area contributed by atoms with Gasteiger partial charge in [0.15, 0.2) is 0 Å². The van der Waals surface area contributed by atoms with E-state index in [1.54, 1.807) is 0 Å². The number of nitrogens with one attached hydrogen (secondary N) is 1. The molecule has 102 valence electrons. The monoisotopic (exact) mass is 251 g/mol. The summed E-state index contributed by atoms with van der Waals surface area (Å²) in [4.78, 5) is 8.54. The molecule has 0 saturated carbocycles. The van der Waals surface area contributed by atoms with E-state index in [2.05, 4.69) is 29.1 Å². The number of aryl methyl sites for hydroxylation is 1. The molecule has 0 aromatic carbocycles. The molecule has 0 radical (unpaired) electrons. The highest BCUT2D eigenvalue weighted by molar-refractivity contribution is 5.29. The second kappa shape index (κ2) is 7.90. The Morgan fingerprint density at radius 3 is 2.72 bits per heavy atom. The number of hydrogen-bond acceptors (Lipinski definition) is 4. The Hall–Kier alpha value is -1.32. The largest absolute Gasteiger partial charge is 0.477 e. The molecular formula is C14H25N3O. The van der Waals surface area contributed by atoms with Crippen LogP contribution in [0.25, 0.3) is 0 Å². The molecule has 1 unspecified atom stereocenters. The first kappa shape index (κ1) is 14.7. The van der Waals surface area contributed by atoms with Crippen molar-refractivity contribution in [1.29, 1.82) is 0 Å². The van der Waals surface area contributed by atoms with Crippen LogP contribution in [-0.2, 0) is 0 Å². The third kappa shape index (κ3) is 4.90. The number of nitrogens with zero attached hydrogens (tertiary/aromatic N) is 2. The van der Waals surface area contributed by atoms with Crippen molar-refractivity contribution in [3.63, 3.8) is 0 Å². The van der Waals surface area contributed by atoms with E-state index in [0.29, 0.717) is 17.7 Å². The van der Waals surface area contributed by atoms with Gasteiger partial charge in [-0.2, -0.15) is 4.98 Å². The molecule has 4 nitrogen and oxygen atoms in total. The zero-order valence-corrected chi connectivity index (χ0v) is 12.0. The van der Waals surface area contributed by atoms with Gasteiger partial charge in [0, 0.05) is 18.8 Å². The average molecular weight is 251 g/mol. The minimum absolute atomic E-state index is 0.617. The van der Waals surface area contributed by atoms with Gasteiger partial charge in [0.25, 0.3) is 0 Å². The van der Waals surface area contributed by atoms with Gasteiger partial charge in [-0.25, -0.2) is 4.98 Å². The third-order valence-electron chi connectivity index (χ3n) is 3.06. The number of rotatable bonds is 8. The van der Waals surface area contributed by atoms with Crippen LogP contribution in [0, 0.1) is 12.8 Å². The number of aromatic nitrogens is 2. The second-order valence-electron chi connectivity index (χ2n) is 4.65. The van der Waals surface area contributed by atoms with E-state index in [0.717, 1.165) is 18.7 Å². The van der Waals surface area contributed by atoms with Gasteiger partial charge in [-0.15, -0.1) is 0 Å².